The molecule has 0 radical (unpaired) electrons. The average molecular weight is 305 g/mol. The Morgan fingerprint density at radius 3 is 2.75 bits per heavy atom. The summed E-state index contributed by atoms with van der Waals surface area (Å²) in [5.74, 6) is 0.992. The zero-order chi connectivity index (χ0) is 13.7. The number of hydrogen-bond donors (Lipinski definition) is 1. The molecular weight excluding hydrogens is 295 g/mol. The minimum atomic E-state index is 0.392. The molecule has 1 aliphatic rings. The van der Waals surface area contributed by atoms with Gasteiger partial charge in [0.15, 0.2) is 0 Å². The van der Waals surface area contributed by atoms with Crippen LogP contribution >= 0.6 is 23.2 Å². The summed E-state index contributed by atoms with van der Waals surface area (Å²) in [4.78, 5) is 8.72. The molecular formula is C14H10Cl2N4. The highest BCUT2D eigenvalue weighted by atomic mass is 35.5. The van der Waals surface area contributed by atoms with Crippen molar-refractivity contribution in [1.82, 2.24) is 20.2 Å². The lowest BCUT2D eigenvalue weighted by molar-refractivity contribution is 1.02. The average Bonchev–Trinajstić information content (AvgIpc) is 3.04. The topological polar surface area (TPSA) is 54.5 Å². The predicted molar refractivity (Wildman–Crippen MR) is 78.2 cm³/mol. The third kappa shape index (κ3) is 1.96. The summed E-state index contributed by atoms with van der Waals surface area (Å²) in [5, 5.41) is 7.78. The van der Waals surface area contributed by atoms with E-state index < -0.39 is 0 Å². The first-order valence-electron chi connectivity index (χ1n) is 6.33. The number of pyridine rings is 2. The molecule has 3 aromatic heterocycles. The Labute approximate surface area is 125 Å². The van der Waals surface area contributed by atoms with Crippen molar-refractivity contribution >= 4 is 34.2 Å². The van der Waals surface area contributed by atoms with E-state index in [1.165, 1.54) is 11.1 Å². The van der Waals surface area contributed by atoms with Gasteiger partial charge in [0.25, 0.3) is 0 Å². The van der Waals surface area contributed by atoms with E-state index in [-0.39, 0.29) is 0 Å². The van der Waals surface area contributed by atoms with Crippen molar-refractivity contribution in [1.29, 1.82) is 0 Å². The van der Waals surface area contributed by atoms with E-state index in [0.29, 0.717) is 27.5 Å². The SMILES string of the molecule is Clc1cc(Cl)c2ncc(C3CC3c3cn[nH]c3)cc2n1. The second kappa shape index (κ2) is 4.43. The Bertz CT molecular complexity index is 785. The van der Waals surface area contributed by atoms with Gasteiger partial charge in [0, 0.05) is 12.4 Å². The summed E-state index contributed by atoms with van der Waals surface area (Å²) >= 11 is 12.1. The standard InChI is InChI=1S/C14H10Cl2N4/c15-11-3-13(16)20-12-1-7(4-17-14(11)12)9-2-10(9)8-5-18-19-6-8/h1,3-6,9-10H,2H2,(H,18,19). The zero-order valence-corrected chi connectivity index (χ0v) is 11.9. The van der Waals surface area contributed by atoms with Crippen molar-refractivity contribution in [3.05, 3.63) is 52.0 Å². The summed E-state index contributed by atoms with van der Waals surface area (Å²) in [6.45, 7) is 0. The Morgan fingerprint density at radius 1 is 1.10 bits per heavy atom. The molecule has 4 nitrogen and oxygen atoms in total. The number of aromatic amines is 1. The molecule has 100 valence electrons. The highest BCUT2D eigenvalue weighted by Crippen LogP contribution is 2.54. The predicted octanol–water partition coefficient (Wildman–Crippen LogP) is 3.93. The molecule has 0 spiro atoms. The van der Waals surface area contributed by atoms with Gasteiger partial charge in [-0.2, -0.15) is 5.10 Å². The highest BCUT2D eigenvalue weighted by molar-refractivity contribution is 6.37. The number of halogens is 2. The fraction of sp³-hybridized carbons (Fsp3) is 0.214. The van der Waals surface area contributed by atoms with Gasteiger partial charge in [-0.25, -0.2) is 4.98 Å². The van der Waals surface area contributed by atoms with Crippen LogP contribution in [0.25, 0.3) is 11.0 Å². The second-order valence-electron chi connectivity index (χ2n) is 5.04. The number of rotatable bonds is 2. The number of hydrogen-bond acceptors (Lipinski definition) is 3. The molecule has 0 aromatic carbocycles. The van der Waals surface area contributed by atoms with E-state index in [9.17, 15) is 0 Å². The van der Waals surface area contributed by atoms with Crippen LogP contribution in [0.4, 0.5) is 0 Å². The van der Waals surface area contributed by atoms with Crippen LogP contribution in [0.3, 0.4) is 0 Å². The summed E-state index contributed by atoms with van der Waals surface area (Å²) in [7, 11) is 0. The first-order valence-corrected chi connectivity index (χ1v) is 7.08. The van der Waals surface area contributed by atoms with E-state index in [0.717, 1.165) is 11.9 Å². The summed E-state index contributed by atoms with van der Waals surface area (Å²) in [6, 6.07) is 3.65. The molecule has 0 saturated heterocycles. The number of fused-ring (bicyclic) bond motifs is 1. The van der Waals surface area contributed by atoms with Gasteiger partial charge in [-0.1, -0.05) is 23.2 Å². The second-order valence-corrected chi connectivity index (χ2v) is 5.84. The minimum Gasteiger partial charge on any atom is -0.285 e. The van der Waals surface area contributed by atoms with Crippen LogP contribution in [-0.4, -0.2) is 20.2 Å². The number of nitrogens with zero attached hydrogens (tertiary/aromatic N) is 3. The van der Waals surface area contributed by atoms with Crippen molar-refractivity contribution in [3.8, 4) is 0 Å². The van der Waals surface area contributed by atoms with E-state index >= 15 is 0 Å². The maximum atomic E-state index is 6.12. The molecule has 1 saturated carbocycles. The highest BCUT2D eigenvalue weighted by Gasteiger charge is 2.40. The third-order valence-corrected chi connectivity index (χ3v) is 4.24. The van der Waals surface area contributed by atoms with Crippen molar-refractivity contribution in [2.45, 2.75) is 18.3 Å². The smallest absolute Gasteiger partial charge is 0.131 e. The van der Waals surface area contributed by atoms with Gasteiger partial charge in [-0.05, 0) is 41.5 Å². The molecule has 6 heteroatoms. The van der Waals surface area contributed by atoms with Gasteiger partial charge in [0.2, 0.25) is 0 Å². The van der Waals surface area contributed by atoms with Gasteiger partial charge in [0.05, 0.1) is 16.7 Å². The Morgan fingerprint density at radius 2 is 1.95 bits per heavy atom. The zero-order valence-electron chi connectivity index (χ0n) is 10.3. The van der Waals surface area contributed by atoms with Crippen LogP contribution in [-0.2, 0) is 0 Å². The normalized spacial score (nSPS) is 21.3. The van der Waals surface area contributed by atoms with E-state index in [1.54, 1.807) is 6.07 Å². The van der Waals surface area contributed by atoms with Crippen LogP contribution in [0.15, 0.2) is 30.7 Å². The lowest BCUT2D eigenvalue weighted by Crippen LogP contribution is -1.90. The monoisotopic (exact) mass is 304 g/mol. The maximum absolute atomic E-state index is 6.12. The lowest BCUT2D eigenvalue weighted by atomic mass is 10.1. The van der Waals surface area contributed by atoms with Crippen molar-refractivity contribution in [2.75, 3.05) is 0 Å². The van der Waals surface area contributed by atoms with Gasteiger partial charge < -0.3 is 0 Å². The fourth-order valence-electron chi connectivity index (χ4n) is 2.66. The Kier molecular flexibility index (Phi) is 2.69. The third-order valence-electron chi connectivity index (χ3n) is 3.75. The molecule has 4 rings (SSSR count). The number of nitrogens with one attached hydrogen (secondary N) is 1. The number of aromatic nitrogens is 4. The molecule has 1 N–H and O–H groups in total. The molecule has 3 heterocycles. The molecule has 1 aliphatic carbocycles. The largest absolute Gasteiger partial charge is 0.285 e. The summed E-state index contributed by atoms with van der Waals surface area (Å²) in [5.41, 5.74) is 3.86. The molecule has 0 bridgehead atoms. The van der Waals surface area contributed by atoms with Crippen LogP contribution in [0.2, 0.25) is 10.2 Å². The molecule has 2 unspecified atom stereocenters. The van der Waals surface area contributed by atoms with Gasteiger partial charge in [0.1, 0.15) is 10.7 Å². The van der Waals surface area contributed by atoms with Crippen molar-refractivity contribution < 1.29 is 0 Å². The van der Waals surface area contributed by atoms with E-state index in [1.807, 2.05) is 24.7 Å². The minimum absolute atomic E-state index is 0.392. The fourth-order valence-corrected chi connectivity index (χ4v) is 3.16. The molecule has 0 aliphatic heterocycles. The van der Waals surface area contributed by atoms with Gasteiger partial charge in [-0.3, -0.25) is 10.1 Å². The Balaban J connectivity index is 1.72. The molecule has 3 aromatic rings. The number of H-pyrrole nitrogens is 1. The van der Waals surface area contributed by atoms with Crippen molar-refractivity contribution in [3.63, 3.8) is 0 Å². The van der Waals surface area contributed by atoms with Crippen LogP contribution in [0.1, 0.15) is 29.4 Å². The van der Waals surface area contributed by atoms with Gasteiger partial charge in [-0.15, -0.1) is 0 Å². The summed E-state index contributed by atoms with van der Waals surface area (Å²) < 4.78 is 0. The summed E-state index contributed by atoms with van der Waals surface area (Å²) in [6.07, 6.45) is 6.83. The quantitative estimate of drug-likeness (QED) is 0.730. The molecule has 0 amide bonds. The molecule has 2 atom stereocenters. The Hall–Kier alpha value is -1.65. The van der Waals surface area contributed by atoms with E-state index in [2.05, 4.69) is 20.2 Å². The van der Waals surface area contributed by atoms with Gasteiger partial charge >= 0.3 is 0 Å². The van der Waals surface area contributed by atoms with Crippen LogP contribution in [0, 0.1) is 0 Å². The van der Waals surface area contributed by atoms with Crippen molar-refractivity contribution in [2.24, 2.45) is 0 Å². The molecule has 20 heavy (non-hydrogen) atoms. The maximum Gasteiger partial charge on any atom is 0.131 e. The van der Waals surface area contributed by atoms with E-state index in [4.69, 9.17) is 23.2 Å². The van der Waals surface area contributed by atoms with Crippen LogP contribution < -0.4 is 0 Å². The lowest BCUT2D eigenvalue weighted by Gasteiger charge is -2.04. The molecule has 1 fully saturated rings. The first-order chi connectivity index (χ1) is 9.72. The van der Waals surface area contributed by atoms with Crippen LogP contribution in [0.5, 0.6) is 0 Å². The first kappa shape index (κ1) is 12.1.